The number of nitrogens with one attached hydrogen (secondary N) is 2. The Morgan fingerprint density at radius 1 is 1.21 bits per heavy atom. The molecule has 1 aromatic carbocycles. The van der Waals surface area contributed by atoms with Gasteiger partial charge in [-0.15, -0.1) is 13.2 Å². The number of halogens is 8. The van der Waals surface area contributed by atoms with Gasteiger partial charge < -0.3 is 14.8 Å². The second-order valence-electron chi connectivity index (χ2n) is 4.60. The van der Waals surface area contributed by atoms with Crippen LogP contribution in [-0.2, 0) is 9.53 Å². The normalized spacial score (nSPS) is 11.6. The molecule has 0 spiro atoms. The Kier molecular flexibility index (Phi) is 8.18. The van der Waals surface area contributed by atoms with Crippen LogP contribution in [0.4, 0.5) is 28.0 Å². The summed E-state index contributed by atoms with van der Waals surface area (Å²) in [5.41, 5.74) is -1.76. The second-order valence-corrected chi connectivity index (χ2v) is 7.67. The average Bonchev–Trinajstić information content (AvgIpc) is 2.52. The number of carbonyl (C=O) groups excluding carboxylic acids is 3. The van der Waals surface area contributed by atoms with Crippen LogP contribution in [0, 0.1) is 5.82 Å². The maximum absolute atomic E-state index is 14.5. The zero-order chi connectivity index (χ0) is 21.9. The first-order chi connectivity index (χ1) is 12.7. The quantitative estimate of drug-likeness (QED) is 0.333. The van der Waals surface area contributed by atoms with Gasteiger partial charge in [0, 0.05) is 0 Å². The van der Waals surface area contributed by atoms with Gasteiger partial charge in [0.2, 0.25) is 0 Å². The standard InChI is InChI=1S/C13H8BrCl3F4N2O5/c1-2-27-9(24)4-3-5(28-13(19,20)21)6(14)7(18)8(4)22-11(26)23-10(25)12(15,16)17/h3H,2H2,1H3,(H2,22,23,25,26). The van der Waals surface area contributed by atoms with Gasteiger partial charge in [-0.05, 0) is 28.9 Å². The minimum atomic E-state index is -5.20. The number of imide groups is 1. The van der Waals surface area contributed by atoms with E-state index in [1.807, 2.05) is 0 Å². The smallest absolute Gasteiger partial charge is 0.462 e. The van der Waals surface area contributed by atoms with Gasteiger partial charge in [0.15, 0.2) is 5.82 Å². The molecule has 0 radical (unpaired) electrons. The van der Waals surface area contributed by atoms with Crippen LogP contribution in [0.1, 0.15) is 17.3 Å². The lowest BCUT2D eigenvalue weighted by atomic mass is 10.1. The number of esters is 1. The first-order valence-electron chi connectivity index (χ1n) is 6.81. The molecule has 156 valence electrons. The molecule has 0 bridgehead atoms. The van der Waals surface area contributed by atoms with Crippen LogP contribution < -0.4 is 15.4 Å². The second kappa shape index (κ2) is 9.33. The molecule has 2 N–H and O–H groups in total. The Morgan fingerprint density at radius 2 is 1.79 bits per heavy atom. The Bertz CT molecular complexity index is 802. The fourth-order valence-electron chi connectivity index (χ4n) is 1.61. The largest absolute Gasteiger partial charge is 0.573 e. The van der Waals surface area contributed by atoms with Crippen molar-refractivity contribution in [1.29, 1.82) is 0 Å². The van der Waals surface area contributed by atoms with Gasteiger partial charge in [-0.3, -0.25) is 10.1 Å². The first kappa shape index (κ1) is 24.5. The van der Waals surface area contributed by atoms with Crippen molar-refractivity contribution in [2.45, 2.75) is 17.1 Å². The third kappa shape index (κ3) is 6.83. The summed E-state index contributed by atoms with van der Waals surface area (Å²) in [5, 5.41) is 3.30. The lowest BCUT2D eigenvalue weighted by Crippen LogP contribution is -2.41. The van der Waals surface area contributed by atoms with E-state index in [1.165, 1.54) is 12.2 Å². The van der Waals surface area contributed by atoms with E-state index in [1.54, 1.807) is 5.32 Å². The molecule has 0 saturated carbocycles. The van der Waals surface area contributed by atoms with E-state index < -0.39 is 55.4 Å². The van der Waals surface area contributed by atoms with Crippen LogP contribution >= 0.6 is 50.7 Å². The van der Waals surface area contributed by atoms with Crippen LogP contribution in [0.3, 0.4) is 0 Å². The highest BCUT2D eigenvalue weighted by molar-refractivity contribution is 9.10. The summed E-state index contributed by atoms with van der Waals surface area (Å²) in [5.74, 6) is -5.34. The number of alkyl halides is 6. The molecule has 0 atom stereocenters. The first-order valence-corrected chi connectivity index (χ1v) is 8.74. The van der Waals surface area contributed by atoms with Crippen molar-refractivity contribution < 1.29 is 41.4 Å². The van der Waals surface area contributed by atoms with Gasteiger partial charge in [0.25, 0.3) is 9.70 Å². The van der Waals surface area contributed by atoms with Crippen LogP contribution in [0.5, 0.6) is 5.75 Å². The predicted octanol–water partition coefficient (Wildman–Crippen LogP) is 4.68. The summed E-state index contributed by atoms with van der Waals surface area (Å²) in [7, 11) is 0. The van der Waals surface area contributed by atoms with Crippen molar-refractivity contribution in [2.75, 3.05) is 11.9 Å². The summed E-state index contributed by atoms with van der Waals surface area (Å²) in [6, 6.07) is -0.970. The van der Waals surface area contributed by atoms with Gasteiger partial charge in [-0.1, -0.05) is 34.8 Å². The number of benzene rings is 1. The molecule has 0 aromatic heterocycles. The Labute approximate surface area is 177 Å². The summed E-state index contributed by atoms with van der Waals surface area (Å²) in [6.45, 7) is 1.16. The van der Waals surface area contributed by atoms with Crippen molar-refractivity contribution in [1.82, 2.24) is 5.32 Å². The van der Waals surface area contributed by atoms with Gasteiger partial charge in [0.1, 0.15) is 5.75 Å². The van der Waals surface area contributed by atoms with Crippen molar-refractivity contribution in [3.05, 3.63) is 21.9 Å². The predicted molar refractivity (Wildman–Crippen MR) is 94.2 cm³/mol. The third-order valence-corrected chi connectivity index (χ3v) is 3.87. The minimum absolute atomic E-state index is 0.219. The minimum Gasteiger partial charge on any atom is -0.462 e. The van der Waals surface area contributed by atoms with Gasteiger partial charge in [-0.2, -0.15) is 0 Å². The van der Waals surface area contributed by atoms with Crippen LogP contribution in [0.2, 0.25) is 0 Å². The van der Waals surface area contributed by atoms with E-state index in [2.05, 4.69) is 25.4 Å². The molecule has 0 heterocycles. The molecular formula is C13H8BrCl3F4N2O5. The van der Waals surface area contributed by atoms with Crippen molar-refractivity contribution in [3.8, 4) is 5.75 Å². The maximum atomic E-state index is 14.5. The fraction of sp³-hybridized carbons (Fsp3) is 0.308. The molecule has 0 fully saturated rings. The molecule has 0 aliphatic heterocycles. The highest BCUT2D eigenvalue weighted by atomic mass is 79.9. The number of anilines is 1. The topological polar surface area (TPSA) is 93.7 Å². The molecule has 1 aromatic rings. The van der Waals surface area contributed by atoms with Crippen LogP contribution in [0.15, 0.2) is 10.5 Å². The molecular weight excluding hydrogens is 526 g/mol. The Hall–Kier alpha value is -1.50. The number of hydrogen-bond donors (Lipinski definition) is 2. The molecule has 0 aliphatic carbocycles. The zero-order valence-electron chi connectivity index (χ0n) is 13.3. The lowest BCUT2D eigenvalue weighted by Gasteiger charge is -2.17. The molecule has 0 saturated heterocycles. The van der Waals surface area contributed by atoms with E-state index in [4.69, 9.17) is 34.8 Å². The highest BCUT2D eigenvalue weighted by Crippen LogP contribution is 2.38. The van der Waals surface area contributed by atoms with Gasteiger partial charge in [0.05, 0.1) is 22.3 Å². The summed E-state index contributed by atoms with van der Waals surface area (Å²) in [4.78, 5) is 35.2. The molecule has 28 heavy (non-hydrogen) atoms. The monoisotopic (exact) mass is 532 g/mol. The third-order valence-electron chi connectivity index (χ3n) is 2.62. The maximum Gasteiger partial charge on any atom is 0.573 e. The van der Waals surface area contributed by atoms with E-state index in [-0.39, 0.29) is 6.61 Å². The molecule has 15 heteroatoms. The van der Waals surface area contributed by atoms with Crippen molar-refractivity contribution >= 4 is 74.3 Å². The summed E-state index contributed by atoms with van der Waals surface area (Å²) < 4.78 is 56.7. The fourth-order valence-corrected chi connectivity index (χ4v) is 2.15. The SMILES string of the molecule is CCOC(=O)c1cc(OC(F)(F)F)c(Br)c(F)c1NC(=O)NC(=O)C(Cl)(Cl)Cl. The van der Waals surface area contributed by atoms with Gasteiger partial charge in [-0.25, -0.2) is 14.0 Å². The van der Waals surface area contributed by atoms with E-state index >= 15 is 0 Å². The molecule has 0 unspecified atom stereocenters. The highest BCUT2D eigenvalue weighted by Gasteiger charge is 2.35. The van der Waals surface area contributed by atoms with Crippen LogP contribution in [-0.4, -0.2) is 34.7 Å². The molecule has 3 amide bonds. The molecule has 0 aliphatic rings. The summed E-state index contributed by atoms with van der Waals surface area (Å²) in [6.07, 6.45) is -5.20. The van der Waals surface area contributed by atoms with Crippen molar-refractivity contribution in [2.24, 2.45) is 0 Å². The number of rotatable bonds is 4. The number of urea groups is 1. The average molecular weight is 534 g/mol. The number of ether oxygens (including phenoxy) is 2. The van der Waals surface area contributed by atoms with Gasteiger partial charge >= 0.3 is 18.4 Å². The summed E-state index contributed by atoms with van der Waals surface area (Å²) >= 11 is 18.3. The number of amides is 3. The Balaban J connectivity index is 3.36. The number of carbonyl (C=O) groups is 3. The lowest BCUT2D eigenvalue weighted by molar-refractivity contribution is -0.275. The van der Waals surface area contributed by atoms with E-state index in [0.29, 0.717) is 6.07 Å². The number of hydrogen-bond acceptors (Lipinski definition) is 5. The van der Waals surface area contributed by atoms with E-state index in [9.17, 15) is 31.9 Å². The van der Waals surface area contributed by atoms with E-state index in [0.717, 1.165) is 0 Å². The van der Waals surface area contributed by atoms with Crippen LogP contribution in [0.25, 0.3) is 0 Å². The van der Waals surface area contributed by atoms with Crippen molar-refractivity contribution in [3.63, 3.8) is 0 Å². The zero-order valence-corrected chi connectivity index (χ0v) is 17.2. The molecule has 7 nitrogen and oxygen atoms in total. The Morgan fingerprint density at radius 3 is 2.25 bits per heavy atom. The molecule has 1 rings (SSSR count).